The molecule has 0 saturated heterocycles. The van der Waals surface area contributed by atoms with E-state index in [1.807, 2.05) is 42.5 Å². The van der Waals surface area contributed by atoms with Gasteiger partial charge in [0.05, 0.1) is 17.8 Å². The molecule has 1 heterocycles. The molecule has 6 heteroatoms. The molecule has 5 nitrogen and oxygen atoms in total. The zero-order chi connectivity index (χ0) is 18.9. The summed E-state index contributed by atoms with van der Waals surface area (Å²) < 4.78 is 5.47. The summed E-state index contributed by atoms with van der Waals surface area (Å²) >= 11 is 1.34. The average molecular weight is 387 g/mol. The van der Waals surface area contributed by atoms with Crippen LogP contribution in [0.4, 0.5) is 5.69 Å². The van der Waals surface area contributed by atoms with Crippen LogP contribution in [0.3, 0.4) is 0 Å². The first-order valence-electron chi connectivity index (χ1n) is 9.45. The molecule has 2 N–H and O–H groups in total. The van der Waals surface area contributed by atoms with Gasteiger partial charge >= 0.3 is 0 Å². The lowest BCUT2D eigenvalue weighted by atomic mass is 9.82. The van der Waals surface area contributed by atoms with Gasteiger partial charge in [0.1, 0.15) is 5.76 Å². The molecule has 2 amide bonds. The van der Waals surface area contributed by atoms with E-state index in [1.54, 1.807) is 6.26 Å². The molecule has 0 unspecified atom stereocenters. The van der Waals surface area contributed by atoms with Gasteiger partial charge < -0.3 is 15.1 Å². The van der Waals surface area contributed by atoms with Crippen LogP contribution in [0, 0.1) is 5.92 Å². The van der Waals surface area contributed by atoms with Crippen LogP contribution < -0.4 is 10.6 Å². The molecule has 27 heavy (non-hydrogen) atoms. The fourth-order valence-electron chi connectivity index (χ4n) is 3.53. The molecule has 3 rings (SSSR count). The Kier molecular flexibility index (Phi) is 7.39. The molecule has 2 aromatic rings. The highest BCUT2D eigenvalue weighted by molar-refractivity contribution is 8.00. The van der Waals surface area contributed by atoms with Gasteiger partial charge in [0.25, 0.3) is 0 Å². The Morgan fingerprint density at radius 2 is 1.78 bits per heavy atom. The third kappa shape index (κ3) is 6.47. The number of para-hydroxylation sites is 1. The number of hydrogen-bond donors (Lipinski definition) is 2. The fourth-order valence-corrected chi connectivity index (χ4v) is 4.16. The van der Waals surface area contributed by atoms with Crippen LogP contribution in [0.2, 0.25) is 0 Å². The van der Waals surface area contributed by atoms with Gasteiger partial charge in [0.15, 0.2) is 0 Å². The SMILES string of the molecule is O=C(CSCC(=O)N[C@H]1CCCC[C@H]1Cc1ccco1)Nc1ccccc1. The topological polar surface area (TPSA) is 71.3 Å². The summed E-state index contributed by atoms with van der Waals surface area (Å²) in [6.45, 7) is 0. The highest BCUT2D eigenvalue weighted by atomic mass is 32.2. The number of hydrogen-bond acceptors (Lipinski definition) is 4. The standard InChI is InChI=1S/C21H26N2O3S/c24-20(22-17-8-2-1-3-9-17)14-27-15-21(25)23-19-11-5-4-7-16(19)13-18-10-6-12-26-18/h1-3,6,8-10,12,16,19H,4-5,7,11,13-15H2,(H,22,24)(H,23,25)/t16-,19-/m0/s1. The Balaban J connectivity index is 1.39. The predicted molar refractivity (Wildman–Crippen MR) is 109 cm³/mol. The zero-order valence-electron chi connectivity index (χ0n) is 15.4. The smallest absolute Gasteiger partial charge is 0.234 e. The number of nitrogens with one attached hydrogen (secondary N) is 2. The van der Waals surface area contributed by atoms with E-state index in [-0.39, 0.29) is 23.6 Å². The van der Waals surface area contributed by atoms with Crippen molar-refractivity contribution in [1.29, 1.82) is 0 Å². The van der Waals surface area contributed by atoms with Gasteiger partial charge in [0, 0.05) is 18.2 Å². The number of rotatable bonds is 8. The molecular formula is C21H26N2O3S. The minimum absolute atomic E-state index is 0.00357. The van der Waals surface area contributed by atoms with Gasteiger partial charge in [-0.05, 0) is 43.0 Å². The summed E-state index contributed by atoms with van der Waals surface area (Å²) in [6, 6.07) is 13.4. The first-order chi connectivity index (χ1) is 13.2. The number of anilines is 1. The van der Waals surface area contributed by atoms with E-state index in [1.165, 1.54) is 18.2 Å². The maximum atomic E-state index is 12.3. The summed E-state index contributed by atoms with van der Waals surface area (Å²) in [5, 5.41) is 6.00. The van der Waals surface area contributed by atoms with Gasteiger partial charge in [-0.2, -0.15) is 0 Å². The quantitative estimate of drug-likeness (QED) is 0.722. The number of carbonyl (C=O) groups is 2. The summed E-state index contributed by atoms with van der Waals surface area (Å²) in [5.74, 6) is 1.87. The van der Waals surface area contributed by atoms with Crippen LogP contribution >= 0.6 is 11.8 Å². The molecular weight excluding hydrogens is 360 g/mol. The van der Waals surface area contributed by atoms with Crippen LogP contribution in [0.1, 0.15) is 31.4 Å². The average Bonchev–Trinajstić information content (AvgIpc) is 3.17. The second kappa shape index (κ2) is 10.2. The van der Waals surface area contributed by atoms with Gasteiger partial charge in [-0.1, -0.05) is 31.0 Å². The lowest BCUT2D eigenvalue weighted by Gasteiger charge is -2.31. The van der Waals surface area contributed by atoms with E-state index in [4.69, 9.17) is 4.42 Å². The number of benzene rings is 1. The van der Waals surface area contributed by atoms with Crippen LogP contribution in [0.5, 0.6) is 0 Å². The van der Waals surface area contributed by atoms with Crippen molar-refractivity contribution in [3.63, 3.8) is 0 Å². The third-order valence-electron chi connectivity index (χ3n) is 4.82. The Morgan fingerprint density at radius 3 is 2.56 bits per heavy atom. The molecule has 1 aromatic heterocycles. The van der Waals surface area contributed by atoms with Gasteiger partial charge in [-0.3, -0.25) is 9.59 Å². The van der Waals surface area contributed by atoms with Crippen molar-refractivity contribution in [2.24, 2.45) is 5.92 Å². The second-order valence-electron chi connectivity index (χ2n) is 6.91. The normalized spacial score (nSPS) is 19.4. The number of furan rings is 1. The Labute approximate surface area is 164 Å². The van der Waals surface area contributed by atoms with Crippen molar-refractivity contribution in [1.82, 2.24) is 5.32 Å². The number of thioether (sulfide) groups is 1. The summed E-state index contributed by atoms with van der Waals surface area (Å²) in [5.41, 5.74) is 0.774. The van der Waals surface area contributed by atoms with Crippen LogP contribution in [-0.2, 0) is 16.0 Å². The van der Waals surface area contributed by atoms with Crippen molar-refractivity contribution >= 4 is 29.3 Å². The molecule has 0 aliphatic heterocycles. The predicted octanol–water partition coefficient (Wildman–Crippen LogP) is 3.87. The van der Waals surface area contributed by atoms with Crippen LogP contribution in [-0.4, -0.2) is 29.4 Å². The molecule has 1 saturated carbocycles. The first-order valence-corrected chi connectivity index (χ1v) is 10.6. The minimum Gasteiger partial charge on any atom is -0.469 e. The fraction of sp³-hybridized carbons (Fsp3) is 0.429. The molecule has 2 atom stereocenters. The maximum absolute atomic E-state index is 12.3. The van der Waals surface area contributed by atoms with Crippen molar-refractivity contribution in [2.45, 2.75) is 38.1 Å². The van der Waals surface area contributed by atoms with Crippen molar-refractivity contribution in [3.05, 3.63) is 54.5 Å². The van der Waals surface area contributed by atoms with E-state index >= 15 is 0 Å². The third-order valence-corrected chi connectivity index (χ3v) is 5.76. The molecule has 0 bridgehead atoms. The molecule has 1 aliphatic rings. The summed E-state index contributed by atoms with van der Waals surface area (Å²) in [6.07, 6.45) is 7.03. The number of carbonyl (C=O) groups excluding carboxylic acids is 2. The van der Waals surface area contributed by atoms with E-state index < -0.39 is 0 Å². The minimum atomic E-state index is -0.0904. The lowest BCUT2D eigenvalue weighted by Crippen LogP contribution is -2.43. The lowest BCUT2D eigenvalue weighted by molar-refractivity contribution is -0.119. The summed E-state index contributed by atoms with van der Waals surface area (Å²) in [4.78, 5) is 24.3. The Morgan fingerprint density at radius 1 is 1.00 bits per heavy atom. The second-order valence-corrected chi connectivity index (χ2v) is 7.89. The van der Waals surface area contributed by atoms with Crippen molar-refractivity contribution in [3.8, 4) is 0 Å². The maximum Gasteiger partial charge on any atom is 0.234 e. The van der Waals surface area contributed by atoms with Crippen LogP contribution in [0.25, 0.3) is 0 Å². The van der Waals surface area contributed by atoms with Crippen molar-refractivity contribution in [2.75, 3.05) is 16.8 Å². The summed E-state index contributed by atoms with van der Waals surface area (Å²) in [7, 11) is 0. The van der Waals surface area contributed by atoms with E-state index in [0.717, 1.165) is 37.1 Å². The molecule has 1 fully saturated rings. The van der Waals surface area contributed by atoms with E-state index in [2.05, 4.69) is 10.6 Å². The van der Waals surface area contributed by atoms with E-state index in [0.29, 0.717) is 11.7 Å². The molecule has 0 radical (unpaired) electrons. The Bertz CT molecular complexity index is 718. The van der Waals surface area contributed by atoms with E-state index in [9.17, 15) is 9.59 Å². The van der Waals surface area contributed by atoms with Crippen LogP contribution in [0.15, 0.2) is 53.1 Å². The molecule has 1 aliphatic carbocycles. The number of amides is 2. The largest absolute Gasteiger partial charge is 0.469 e. The molecule has 144 valence electrons. The monoisotopic (exact) mass is 386 g/mol. The van der Waals surface area contributed by atoms with Crippen molar-refractivity contribution < 1.29 is 14.0 Å². The highest BCUT2D eigenvalue weighted by Gasteiger charge is 2.27. The highest BCUT2D eigenvalue weighted by Crippen LogP contribution is 2.28. The van der Waals surface area contributed by atoms with Gasteiger partial charge in [-0.15, -0.1) is 11.8 Å². The molecule has 0 spiro atoms. The first kappa shape index (κ1) is 19.5. The molecule has 1 aromatic carbocycles. The van der Waals surface area contributed by atoms with Gasteiger partial charge in [0.2, 0.25) is 11.8 Å². The van der Waals surface area contributed by atoms with Gasteiger partial charge in [-0.25, -0.2) is 0 Å². The Hall–Kier alpha value is -2.21. The zero-order valence-corrected chi connectivity index (χ0v) is 16.2.